The molecule has 0 fully saturated rings. The van der Waals surface area contributed by atoms with E-state index >= 15 is 0 Å². The van der Waals surface area contributed by atoms with E-state index < -0.39 is 0 Å². The standard InChI is InChI=1S/C13H17ClN2/c1-15-7-3-4-10-9-16(2)13-6-5-11(14)8-12(10)13/h5-6,8-9,15H,3-4,7H2,1-2H3. The van der Waals surface area contributed by atoms with Crippen LogP contribution in [0.25, 0.3) is 10.9 Å². The van der Waals surface area contributed by atoms with Crippen molar-refractivity contribution < 1.29 is 0 Å². The summed E-state index contributed by atoms with van der Waals surface area (Å²) in [6.45, 7) is 1.05. The number of halogens is 1. The highest BCUT2D eigenvalue weighted by atomic mass is 35.5. The number of fused-ring (bicyclic) bond motifs is 1. The summed E-state index contributed by atoms with van der Waals surface area (Å²) in [6, 6.07) is 6.09. The van der Waals surface area contributed by atoms with Crippen molar-refractivity contribution in [3.05, 3.63) is 35.0 Å². The molecule has 1 N–H and O–H groups in total. The van der Waals surface area contributed by atoms with Crippen LogP contribution in [0.3, 0.4) is 0 Å². The largest absolute Gasteiger partial charge is 0.350 e. The first-order valence-corrected chi connectivity index (χ1v) is 5.98. The maximum Gasteiger partial charge on any atom is 0.0481 e. The van der Waals surface area contributed by atoms with Gasteiger partial charge in [0.05, 0.1) is 0 Å². The van der Waals surface area contributed by atoms with Gasteiger partial charge in [-0.2, -0.15) is 0 Å². The molecule has 2 aromatic rings. The molecule has 0 saturated heterocycles. The van der Waals surface area contributed by atoms with Crippen LogP contribution < -0.4 is 5.32 Å². The molecule has 1 heterocycles. The van der Waals surface area contributed by atoms with E-state index in [0.717, 1.165) is 24.4 Å². The van der Waals surface area contributed by atoms with Crippen molar-refractivity contribution >= 4 is 22.5 Å². The number of hydrogen-bond donors (Lipinski definition) is 1. The molecule has 16 heavy (non-hydrogen) atoms. The lowest BCUT2D eigenvalue weighted by Crippen LogP contribution is -2.08. The molecule has 0 aliphatic carbocycles. The Hall–Kier alpha value is -0.990. The third-order valence-corrected chi connectivity index (χ3v) is 3.14. The normalized spacial score (nSPS) is 11.2. The highest BCUT2D eigenvalue weighted by molar-refractivity contribution is 6.31. The van der Waals surface area contributed by atoms with Gasteiger partial charge in [-0.1, -0.05) is 11.6 Å². The van der Waals surface area contributed by atoms with Crippen molar-refractivity contribution in [1.82, 2.24) is 9.88 Å². The van der Waals surface area contributed by atoms with E-state index in [2.05, 4.69) is 35.3 Å². The summed E-state index contributed by atoms with van der Waals surface area (Å²) >= 11 is 6.04. The van der Waals surface area contributed by atoms with Crippen LogP contribution in [0.1, 0.15) is 12.0 Å². The first kappa shape index (κ1) is 11.5. The number of hydrogen-bond acceptors (Lipinski definition) is 1. The second-order valence-corrected chi connectivity index (χ2v) is 4.57. The molecule has 86 valence electrons. The summed E-state index contributed by atoms with van der Waals surface area (Å²) < 4.78 is 2.17. The van der Waals surface area contributed by atoms with E-state index in [1.807, 2.05) is 13.1 Å². The van der Waals surface area contributed by atoms with Gasteiger partial charge in [0, 0.05) is 29.2 Å². The van der Waals surface area contributed by atoms with Gasteiger partial charge in [0.15, 0.2) is 0 Å². The lowest BCUT2D eigenvalue weighted by molar-refractivity contribution is 0.725. The summed E-state index contributed by atoms with van der Waals surface area (Å²) in [4.78, 5) is 0. The van der Waals surface area contributed by atoms with E-state index in [1.165, 1.54) is 16.5 Å². The molecule has 0 bridgehead atoms. The molecule has 2 nitrogen and oxygen atoms in total. The molecule has 0 spiro atoms. The Morgan fingerprint density at radius 1 is 1.38 bits per heavy atom. The average Bonchev–Trinajstić information content (AvgIpc) is 2.56. The van der Waals surface area contributed by atoms with Gasteiger partial charge in [0.1, 0.15) is 0 Å². The summed E-state index contributed by atoms with van der Waals surface area (Å²) in [5.41, 5.74) is 2.64. The van der Waals surface area contributed by atoms with Gasteiger partial charge in [-0.15, -0.1) is 0 Å². The smallest absolute Gasteiger partial charge is 0.0481 e. The Morgan fingerprint density at radius 3 is 2.94 bits per heavy atom. The van der Waals surface area contributed by atoms with E-state index in [0.29, 0.717) is 0 Å². The summed E-state index contributed by atoms with van der Waals surface area (Å²) in [5, 5.41) is 5.27. The third kappa shape index (κ3) is 2.23. The van der Waals surface area contributed by atoms with E-state index in [9.17, 15) is 0 Å². The predicted octanol–water partition coefficient (Wildman–Crippen LogP) is 2.98. The maximum atomic E-state index is 6.04. The molecule has 0 atom stereocenters. The Balaban J connectivity index is 2.33. The predicted molar refractivity (Wildman–Crippen MR) is 70.2 cm³/mol. The van der Waals surface area contributed by atoms with Crippen molar-refractivity contribution in [3.63, 3.8) is 0 Å². The molecule has 3 heteroatoms. The fraction of sp³-hybridized carbons (Fsp3) is 0.385. The van der Waals surface area contributed by atoms with Gasteiger partial charge in [0.2, 0.25) is 0 Å². The number of nitrogens with zero attached hydrogens (tertiary/aromatic N) is 1. The van der Waals surface area contributed by atoms with Crippen molar-refractivity contribution in [2.45, 2.75) is 12.8 Å². The Labute approximate surface area is 101 Å². The van der Waals surface area contributed by atoms with Gasteiger partial charge in [-0.3, -0.25) is 0 Å². The minimum Gasteiger partial charge on any atom is -0.350 e. The molecular formula is C13H17ClN2. The van der Waals surface area contributed by atoms with Crippen molar-refractivity contribution in [2.24, 2.45) is 7.05 Å². The number of aryl methyl sites for hydroxylation is 2. The van der Waals surface area contributed by atoms with Gasteiger partial charge < -0.3 is 9.88 Å². The van der Waals surface area contributed by atoms with Crippen molar-refractivity contribution in [2.75, 3.05) is 13.6 Å². The molecule has 0 radical (unpaired) electrons. The second-order valence-electron chi connectivity index (χ2n) is 4.13. The Morgan fingerprint density at radius 2 is 2.19 bits per heavy atom. The minimum absolute atomic E-state index is 0.813. The topological polar surface area (TPSA) is 17.0 Å². The lowest BCUT2D eigenvalue weighted by atomic mass is 10.1. The molecule has 0 aliphatic heterocycles. The van der Waals surface area contributed by atoms with Crippen LogP contribution >= 0.6 is 11.6 Å². The average molecular weight is 237 g/mol. The molecule has 1 aromatic heterocycles. The van der Waals surface area contributed by atoms with E-state index in [4.69, 9.17) is 11.6 Å². The zero-order chi connectivity index (χ0) is 11.5. The van der Waals surface area contributed by atoms with E-state index in [-0.39, 0.29) is 0 Å². The van der Waals surface area contributed by atoms with Crippen LogP contribution in [0.2, 0.25) is 5.02 Å². The first-order valence-electron chi connectivity index (χ1n) is 5.60. The monoisotopic (exact) mass is 236 g/mol. The van der Waals surface area contributed by atoms with Crippen molar-refractivity contribution in [3.8, 4) is 0 Å². The molecule has 2 rings (SSSR count). The van der Waals surface area contributed by atoms with Gasteiger partial charge in [-0.25, -0.2) is 0 Å². The number of nitrogens with one attached hydrogen (secondary N) is 1. The van der Waals surface area contributed by atoms with Crippen LogP contribution in [0.5, 0.6) is 0 Å². The molecule has 0 saturated carbocycles. The highest BCUT2D eigenvalue weighted by Crippen LogP contribution is 2.25. The molecular weight excluding hydrogens is 220 g/mol. The zero-order valence-corrected chi connectivity index (χ0v) is 10.5. The quantitative estimate of drug-likeness (QED) is 0.808. The molecule has 0 amide bonds. The van der Waals surface area contributed by atoms with Crippen molar-refractivity contribution in [1.29, 1.82) is 0 Å². The van der Waals surface area contributed by atoms with Gasteiger partial charge in [-0.05, 0) is 50.2 Å². The minimum atomic E-state index is 0.813. The number of aromatic nitrogens is 1. The fourth-order valence-electron chi connectivity index (χ4n) is 2.10. The zero-order valence-electron chi connectivity index (χ0n) is 9.76. The summed E-state index contributed by atoms with van der Waals surface area (Å²) in [7, 11) is 4.07. The summed E-state index contributed by atoms with van der Waals surface area (Å²) in [6.07, 6.45) is 4.46. The number of benzene rings is 1. The van der Waals surface area contributed by atoms with E-state index in [1.54, 1.807) is 0 Å². The number of rotatable bonds is 4. The van der Waals surface area contributed by atoms with Crippen LogP contribution in [-0.4, -0.2) is 18.2 Å². The molecule has 1 aromatic carbocycles. The van der Waals surface area contributed by atoms with Crippen LogP contribution in [0.4, 0.5) is 0 Å². The van der Waals surface area contributed by atoms with Gasteiger partial charge >= 0.3 is 0 Å². The maximum absolute atomic E-state index is 6.04. The summed E-state index contributed by atoms with van der Waals surface area (Å²) in [5.74, 6) is 0. The molecule has 0 unspecified atom stereocenters. The lowest BCUT2D eigenvalue weighted by Gasteiger charge is -1.99. The SMILES string of the molecule is CNCCCc1cn(C)c2ccc(Cl)cc12. The Kier molecular flexibility index (Phi) is 3.52. The Bertz CT molecular complexity index is 488. The van der Waals surface area contributed by atoms with Crippen LogP contribution in [-0.2, 0) is 13.5 Å². The van der Waals surface area contributed by atoms with Crippen LogP contribution in [0, 0.1) is 0 Å². The van der Waals surface area contributed by atoms with Gasteiger partial charge in [0.25, 0.3) is 0 Å². The van der Waals surface area contributed by atoms with Crippen LogP contribution in [0.15, 0.2) is 24.4 Å². The molecule has 0 aliphatic rings. The first-order chi connectivity index (χ1) is 7.72. The fourth-order valence-corrected chi connectivity index (χ4v) is 2.27. The highest BCUT2D eigenvalue weighted by Gasteiger charge is 2.06. The second kappa shape index (κ2) is 4.89. The third-order valence-electron chi connectivity index (χ3n) is 2.91.